The van der Waals surface area contributed by atoms with Gasteiger partial charge in [-0.3, -0.25) is 9.59 Å². The van der Waals surface area contributed by atoms with Crippen molar-refractivity contribution in [3.63, 3.8) is 0 Å². The molecule has 0 saturated heterocycles. The van der Waals surface area contributed by atoms with Gasteiger partial charge in [0, 0.05) is 23.1 Å². The van der Waals surface area contributed by atoms with Crippen LogP contribution in [0.5, 0.6) is 0 Å². The Hall–Kier alpha value is -1.85. The van der Waals surface area contributed by atoms with Gasteiger partial charge in [0.05, 0.1) is 12.1 Å². The minimum atomic E-state index is -0.294. The summed E-state index contributed by atoms with van der Waals surface area (Å²) in [6, 6.07) is 14.4. The van der Waals surface area contributed by atoms with E-state index in [1.165, 1.54) is 4.90 Å². The molecule has 1 N–H and O–H groups in total. The molecule has 6 heteroatoms. The third-order valence-corrected chi connectivity index (χ3v) is 4.37. The van der Waals surface area contributed by atoms with Gasteiger partial charge in [0.2, 0.25) is 5.91 Å². The highest BCUT2D eigenvalue weighted by molar-refractivity contribution is 9.10. The molecule has 2 aromatic carbocycles. The first-order valence-corrected chi connectivity index (χ1v) is 8.16. The highest BCUT2D eigenvalue weighted by Crippen LogP contribution is 2.17. The average molecular weight is 396 g/mol. The van der Waals surface area contributed by atoms with Gasteiger partial charge in [-0.2, -0.15) is 0 Å². The molecule has 2 rings (SSSR count). The summed E-state index contributed by atoms with van der Waals surface area (Å²) in [5.41, 5.74) is 1.36. The van der Waals surface area contributed by atoms with E-state index in [0.717, 1.165) is 5.56 Å². The SMILES string of the molecule is CN(Cc1ccccc1Cl)C(=O)CNC(=O)c1ccccc1Br. The van der Waals surface area contributed by atoms with E-state index in [0.29, 0.717) is 21.6 Å². The van der Waals surface area contributed by atoms with Crippen molar-refractivity contribution in [1.82, 2.24) is 10.2 Å². The van der Waals surface area contributed by atoms with Gasteiger partial charge in [0.1, 0.15) is 0 Å². The number of carbonyl (C=O) groups excluding carboxylic acids is 2. The summed E-state index contributed by atoms with van der Waals surface area (Å²) in [6.45, 7) is 0.324. The molecule has 0 unspecified atom stereocenters. The Morgan fingerprint density at radius 2 is 1.78 bits per heavy atom. The molecule has 0 bridgehead atoms. The second-order valence-corrected chi connectivity index (χ2v) is 6.27. The second-order valence-electron chi connectivity index (χ2n) is 5.00. The minimum Gasteiger partial charge on any atom is -0.343 e. The lowest BCUT2D eigenvalue weighted by Crippen LogP contribution is -2.37. The molecule has 0 aliphatic rings. The number of hydrogen-bond acceptors (Lipinski definition) is 2. The van der Waals surface area contributed by atoms with Crippen molar-refractivity contribution in [1.29, 1.82) is 0 Å². The molecule has 0 aromatic heterocycles. The van der Waals surface area contributed by atoms with Crippen LogP contribution in [0.2, 0.25) is 5.02 Å². The van der Waals surface area contributed by atoms with E-state index >= 15 is 0 Å². The first-order valence-electron chi connectivity index (χ1n) is 6.99. The molecule has 120 valence electrons. The molecule has 0 radical (unpaired) electrons. The Balaban J connectivity index is 1.91. The maximum Gasteiger partial charge on any atom is 0.252 e. The van der Waals surface area contributed by atoms with E-state index in [2.05, 4.69) is 21.2 Å². The van der Waals surface area contributed by atoms with Gasteiger partial charge in [0.25, 0.3) is 5.91 Å². The predicted molar refractivity (Wildman–Crippen MR) is 94.4 cm³/mol. The van der Waals surface area contributed by atoms with Crippen molar-refractivity contribution in [3.8, 4) is 0 Å². The van der Waals surface area contributed by atoms with Crippen LogP contribution in [0.4, 0.5) is 0 Å². The lowest BCUT2D eigenvalue weighted by Gasteiger charge is -2.18. The molecule has 2 aromatic rings. The fourth-order valence-corrected chi connectivity index (χ4v) is 2.66. The van der Waals surface area contributed by atoms with E-state index in [-0.39, 0.29) is 18.4 Å². The Kier molecular flexibility index (Phi) is 6.19. The highest BCUT2D eigenvalue weighted by atomic mass is 79.9. The molecule has 0 saturated carbocycles. The fraction of sp³-hybridized carbons (Fsp3) is 0.176. The molecule has 2 amide bonds. The summed E-state index contributed by atoms with van der Waals surface area (Å²) < 4.78 is 0.689. The van der Waals surface area contributed by atoms with Crippen molar-refractivity contribution in [3.05, 3.63) is 69.2 Å². The van der Waals surface area contributed by atoms with Gasteiger partial charge in [0.15, 0.2) is 0 Å². The lowest BCUT2D eigenvalue weighted by molar-refractivity contribution is -0.129. The average Bonchev–Trinajstić information content (AvgIpc) is 2.54. The van der Waals surface area contributed by atoms with E-state index in [1.807, 2.05) is 24.3 Å². The van der Waals surface area contributed by atoms with E-state index in [1.54, 1.807) is 31.3 Å². The van der Waals surface area contributed by atoms with E-state index in [9.17, 15) is 9.59 Å². The van der Waals surface area contributed by atoms with Crippen LogP contribution >= 0.6 is 27.5 Å². The molecular formula is C17H16BrClN2O2. The van der Waals surface area contributed by atoms with Crippen LogP contribution in [-0.4, -0.2) is 30.3 Å². The van der Waals surface area contributed by atoms with Crippen LogP contribution in [-0.2, 0) is 11.3 Å². The summed E-state index contributed by atoms with van der Waals surface area (Å²) in [6.07, 6.45) is 0. The Morgan fingerprint density at radius 1 is 1.13 bits per heavy atom. The number of amides is 2. The topological polar surface area (TPSA) is 49.4 Å². The van der Waals surface area contributed by atoms with Gasteiger partial charge < -0.3 is 10.2 Å². The number of rotatable bonds is 5. The summed E-state index contributed by atoms with van der Waals surface area (Å²) in [5, 5.41) is 3.24. The Bertz CT molecular complexity index is 721. The van der Waals surface area contributed by atoms with Gasteiger partial charge in [-0.05, 0) is 39.7 Å². The first-order chi connectivity index (χ1) is 11.0. The number of likely N-dealkylation sites (N-methyl/N-ethyl adjacent to an activating group) is 1. The molecule has 0 fully saturated rings. The zero-order chi connectivity index (χ0) is 16.8. The number of hydrogen-bond donors (Lipinski definition) is 1. The van der Waals surface area contributed by atoms with Crippen molar-refractivity contribution in [2.45, 2.75) is 6.54 Å². The molecule has 0 spiro atoms. The lowest BCUT2D eigenvalue weighted by atomic mass is 10.2. The van der Waals surface area contributed by atoms with E-state index in [4.69, 9.17) is 11.6 Å². The number of carbonyl (C=O) groups is 2. The smallest absolute Gasteiger partial charge is 0.252 e. The highest BCUT2D eigenvalue weighted by Gasteiger charge is 2.14. The van der Waals surface area contributed by atoms with Gasteiger partial charge in [-0.1, -0.05) is 41.9 Å². The number of nitrogens with zero attached hydrogens (tertiary/aromatic N) is 1. The monoisotopic (exact) mass is 394 g/mol. The van der Waals surface area contributed by atoms with Gasteiger partial charge >= 0.3 is 0 Å². The fourth-order valence-electron chi connectivity index (χ4n) is 2.00. The molecule has 0 atom stereocenters. The van der Waals surface area contributed by atoms with Crippen LogP contribution in [0.1, 0.15) is 15.9 Å². The zero-order valence-electron chi connectivity index (χ0n) is 12.6. The Labute approximate surface area is 148 Å². The maximum atomic E-state index is 12.1. The summed E-state index contributed by atoms with van der Waals surface area (Å²) in [7, 11) is 1.68. The van der Waals surface area contributed by atoms with Crippen LogP contribution in [0, 0.1) is 0 Å². The maximum absolute atomic E-state index is 12.1. The van der Waals surface area contributed by atoms with Crippen LogP contribution in [0.25, 0.3) is 0 Å². The molecule has 0 heterocycles. The minimum absolute atomic E-state index is 0.0683. The predicted octanol–water partition coefficient (Wildman–Crippen LogP) is 3.49. The van der Waals surface area contributed by atoms with Crippen molar-refractivity contribution in [2.75, 3.05) is 13.6 Å². The first kappa shape index (κ1) is 17.5. The van der Waals surface area contributed by atoms with Crippen LogP contribution in [0.3, 0.4) is 0 Å². The summed E-state index contributed by atoms with van der Waals surface area (Å²) >= 11 is 9.40. The van der Waals surface area contributed by atoms with E-state index < -0.39 is 0 Å². The molecule has 23 heavy (non-hydrogen) atoms. The summed E-state index contributed by atoms with van der Waals surface area (Å²) in [5.74, 6) is -0.484. The van der Waals surface area contributed by atoms with Gasteiger partial charge in [-0.15, -0.1) is 0 Å². The number of benzene rings is 2. The van der Waals surface area contributed by atoms with Crippen molar-refractivity contribution < 1.29 is 9.59 Å². The summed E-state index contributed by atoms with van der Waals surface area (Å²) in [4.78, 5) is 25.7. The second kappa shape index (κ2) is 8.13. The molecular weight excluding hydrogens is 380 g/mol. The third kappa shape index (κ3) is 4.81. The molecule has 0 aliphatic carbocycles. The van der Waals surface area contributed by atoms with Gasteiger partial charge in [-0.25, -0.2) is 0 Å². The molecule has 4 nitrogen and oxygen atoms in total. The standard InChI is InChI=1S/C17H16BrClN2O2/c1-21(11-12-6-2-5-9-15(12)19)16(22)10-20-17(23)13-7-3-4-8-14(13)18/h2-9H,10-11H2,1H3,(H,20,23). The van der Waals surface area contributed by atoms with Crippen LogP contribution in [0.15, 0.2) is 53.0 Å². The normalized spacial score (nSPS) is 10.2. The third-order valence-electron chi connectivity index (χ3n) is 3.31. The molecule has 0 aliphatic heterocycles. The quantitative estimate of drug-likeness (QED) is 0.842. The van der Waals surface area contributed by atoms with Crippen molar-refractivity contribution in [2.24, 2.45) is 0 Å². The zero-order valence-corrected chi connectivity index (χ0v) is 14.9. The van der Waals surface area contributed by atoms with Crippen LogP contribution < -0.4 is 5.32 Å². The largest absolute Gasteiger partial charge is 0.343 e. The van der Waals surface area contributed by atoms with Crippen molar-refractivity contribution >= 4 is 39.3 Å². The number of nitrogens with one attached hydrogen (secondary N) is 1. The number of halogens is 2. The Morgan fingerprint density at radius 3 is 2.48 bits per heavy atom.